The number of aromatic hydroxyl groups is 1. The molecular weight excluding hydrogens is 330 g/mol. The number of amides is 1. The molecule has 25 heavy (non-hydrogen) atoms. The number of anilines is 2. The van der Waals surface area contributed by atoms with Crippen LogP contribution in [0.5, 0.6) is 5.75 Å². The smallest absolute Gasteiger partial charge is 0.280 e. The lowest BCUT2D eigenvalue weighted by molar-refractivity contribution is 0.101. The molecule has 3 aromatic rings. The van der Waals surface area contributed by atoms with Crippen LogP contribution >= 0.6 is 0 Å². The van der Waals surface area contributed by atoms with Crippen molar-refractivity contribution in [2.75, 3.05) is 11.1 Å². The van der Waals surface area contributed by atoms with E-state index >= 15 is 0 Å². The molecule has 0 saturated carbocycles. The summed E-state index contributed by atoms with van der Waals surface area (Å²) in [5, 5.41) is 16.5. The second kappa shape index (κ2) is 6.23. The van der Waals surface area contributed by atoms with E-state index in [2.05, 4.69) is 10.4 Å². The van der Waals surface area contributed by atoms with E-state index in [-0.39, 0.29) is 22.8 Å². The summed E-state index contributed by atoms with van der Waals surface area (Å²) in [5.74, 6) is -2.04. The number of nitrogens with zero attached hydrogens (tertiary/aromatic N) is 2. The largest absolute Gasteiger partial charge is 0.504 e. The molecule has 128 valence electrons. The summed E-state index contributed by atoms with van der Waals surface area (Å²) in [6.07, 6.45) is 1.24. The van der Waals surface area contributed by atoms with Crippen molar-refractivity contribution in [1.82, 2.24) is 9.78 Å². The first kappa shape index (κ1) is 16.4. The molecule has 0 unspecified atom stereocenters. The maximum Gasteiger partial charge on any atom is 0.280 e. The van der Waals surface area contributed by atoms with Gasteiger partial charge in [-0.1, -0.05) is 0 Å². The topological polar surface area (TPSA) is 93.2 Å². The summed E-state index contributed by atoms with van der Waals surface area (Å²) >= 11 is 0. The predicted molar refractivity (Wildman–Crippen MR) is 88.7 cm³/mol. The fourth-order valence-electron chi connectivity index (χ4n) is 2.34. The van der Waals surface area contributed by atoms with E-state index in [0.29, 0.717) is 11.3 Å². The average molecular weight is 344 g/mol. The van der Waals surface area contributed by atoms with Crippen molar-refractivity contribution in [2.24, 2.45) is 0 Å². The Morgan fingerprint density at radius 1 is 1.24 bits per heavy atom. The van der Waals surface area contributed by atoms with Gasteiger partial charge in [0.2, 0.25) is 0 Å². The van der Waals surface area contributed by atoms with E-state index in [1.165, 1.54) is 41.2 Å². The SMILES string of the molecule is Cc1cc(F)ccc1-n1cc(O)c(C(=O)Nc2ccc(F)c(N)c2)n1. The molecule has 1 heterocycles. The predicted octanol–water partition coefficient (Wildman–Crippen LogP) is 3.00. The van der Waals surface area contributed by atoms with Crippen molar-refractivity contribution in [1.29, 1.82) is 0 Å². The lowest BCUT2D eigenvalue weighted by Gasteiger charge is -2.06. The van der Waals surface area contributed by atoms with Gasteiger partial charge in [0.1, 0.15) is 11.6 Å². The first-order chi connectivity index (χ1) is 11.8. The molecular formula is C17H14F2N4O2. The fraction of sp³-hybridized carbons (Fsp3) is 0.0588. The van der Waals surface area contributed by atoms with Crippen LogP contribution < -0.4 is 11.1 Å². The third-order valence-electron chi connectivity index (χ3n) is 3.57. The van der Waals surface area contributed by atoms with Gasteiger partial charge in [-0.3, -0.25) is 4.79 Å². The van der Waals surface area contributed by atoms with E-state index in [1.807, 2.05) is 0 Å². The number of benzene rings is 2. The van der Waals surface area contributed by atoms with Crippen molar-refractivity contribution in [2.45, 2.75) is 6.92 Å². The summed E-state index contributed by atoms with van der Waals surface area (Å²) < 4.78 is 27.6. The Bertz CT molecular complexity index is 969. The molecule has 0 atom stereocenters. The van der Waals surface area contributed by atoms with Gasteiger partial charge in [0.15, 0.2) is 11.4 Å². The molecule has 1 aromatic heterocycles. The van der Waals surface area contributed by atoms with Crippen LogP contribution in [0.1, 0.15) is 16.1 Å². The van der Waals surface area contributed by atoms with Crippen molar-refractivity contribution >= 4 is 17.3 Å². The number of rotatable bonds is 3. The van der Waals surface area contributed by atoms with Gasteiger partial charge < -0.3 is 16.2 Å². The van der Waals surface area contributed by atoms with Crippen LogP contribution in [0.2, 0.25) is 0 Å². The highest BCUT2D eigenvalue weighted by Crippen LogP contribution is 2.23. The van der Waals surface area contributed by atoms with Gasteiger partial charge in [0, 0.05) is 5.69 Å². The van der Waals surface area contributed by atoms with Crippen molar-refractivity contribution in [3.63, 3.8) is 0 Å². The van der Waals surface area contributed by atoms with E-state index in [0.717, 1.165) is 6.07 Å². The standard InChI is InChI=1S/C17H14F2N4O2/c1-9-6-10(18)2-5-14(9)23-8-15(24)16(22-23)17(25)21-11-3-4-12(19)13(20)7-11/h2-8,24H,20H2,1H3,(H,21,25). The third kappa shape index (κ3) is 3.27. The lowest BCUT2D eigenvalue weighted by atomic mass is 10.2. The van der Waals surface area contributed by atoms with Crippen LogP contribution in [0, 0.1) is 18.6 Å². The molecule has 1 amide bonds. The van der Waals surface area contributed by atoms with E-state index in [1.54, 1.807) is 6.92 Å². The van der Waals surface area contributed by atoms with Crippen molar-refractivity contribution < 1.29 is 18.7 Å². The minimum Gasteiger partial charge on any atom is -0.504 e. The molecule has 0 aliphatic carbocycles. The molecule has 8 heteroatoms. The van der Waals surface area contributed by atoms with E-state index < -0.39 is 17.5 Å². The van der Waals surface area contributed by atoms with Gasteiger partial charge in [-0.25, -0.2) is 13.5 Å². The van der Waals surface area contributed by atoms with Crippen LogP contribution in [0.3, 0.4) is 0 Å². The summed E-state index contributed by atoms with van der Waals surface area (Å²) in [4.78, 5) is 12.3. The van der Waals surface area contributed by atoms with Gasteiger partial charge in [-0.15, -0.1) is 0 Å². The molecule has 0 radical (unpaired) electrons. The zero-order valence-corrected chi connectivity index (χ0v) is 13.1. The number of carbonyl (C=O) groups excluding carboxylic acids is 1. The molecule has 0 spiro atoms. The number of hydrogen-bond acceptors (Lipinski definition) is 4. The number of hydrogen-bond donors (Lipinski definition) is 3. The fourth-order valence-corrected chi connectivity index (χ4v) is 2.34. The Balaban J connectivity index is 1.89. The van der Waals surface area contributed by atoms with Gasteiger partial charge in [0.05, 0.1) is 17.6 Å². The number of aromatic nitrogens is 2. The Hall–Kier alpha value is -3.42. The van der Waals surface area contributed by atoms with Gasteiger partial charge >= 0.3 is 0 Å². The molecule has 0 saturated heterocycles. The summed E-state index contributed by atoms with van der Waals surface area (Å²) in [5.41, 5.74) is 6.46. The lowest BCUT2D eigenvalue weighted by Crippen LogP contribution is -2.14. The molecule has 0 aliphatic rings. The highest BCUT2D eigenvalue weighted by molar-refractivity contribution is 6.04. The van der Waals surface area contributed by atoms with Crippen LogP contribution in [0.15, 0.2) is 42.6 Å². The number of aryl methyl sites for hydroxylation is 1. The first-order valence-corrected chi connectivity index (χ1v) is 7.26. The molecule has 3 rings (SSSR count). The Kier molecular flexibility index (Phi) is 4.10. The number of nitrogen functional groups attached to an aromatic ring is 1. The van der Waals surface area contributed by atoms with Gasteiger partial charge in [-0.05, 0) is 48.9 Å². The molecule has 0 fully saturated rings. The Morgan fingerprint density at radius 2 is 2.00 bits per heavy atom. The first-order valence-electron chi connectivity index (χ1n) is 7.26. The Labute approximate surface area is 141 Å². The second-order valence-electron chi connectivity index (χ2n) is 5.43. The molecule has 0 bridgehead atoms. The number of nitrogens with two attached hydrogens (primary N) is 1. The van der Waals surface area contributed by atoms with E-state index in [4.69, 9.17) is 5.73 Å². The molecule has 6 nitrogen and oxygen atoms in total. The highest BCUT2D eigenvalue weighted by atomic mass is 19.1. The number of nitrogens with one attached hydrogen (secondary N) is 1. The quantitative estimate of drug-likeness (QED) is 0.637. The third-order valence-corrected chi connectivity index (χ3v) is 3.57. The average Bonchev–Trinajstić information content (AvgIpc) is 2.92. The zero-order valence-electron chi connectivity index (χ0n) is 13.1. The van der Waals surface area contributed by atoms with Crippen LogP contribution in [0.25, 0.3) is 5.69 Å². The van der Waals surface area contributed by atoms with Crippen LogP contribution in [-0.4, -0.2) is 20.8 Å². The molecule has 2 aromatic carbocycles. The van der Waals surface area contributed by atoms with Crippen molar-refractivity contribution in [3.05, 3.63) is 65.5 Å². The molecule has 4 N–H and O–H groups in total. The number of carbonyl (C=O) groups is 1. The number of halogens is 2. The minimum atomic E-state index is -0.693. The monoisotopic (exact) mass is 344 g/mol. The highest BCUT2D eigenvalue weighted by Gasteiger charge is 2.18. The Morgan fingerprint density at radius 3 is 2.68 bits per heavy atom. The summed E-state index contributed by atoms with van der Waals surface area (Å²) in [6.45, 7) is 1.68. The van der Waals surface area contributed by atoms with Crippen LogP contribution in [-0.2, 0) is 0 Å². The second-order valence-corrected chi connectivity index (χ2v) is 5.43. The van der Waals surface area contributed by atoms with E-state index in [9.17, 15) is 18.7 Å². The summed E-state index contributed by atoms with van der Waals surface area (Å²) in [7, 11) is 0. The van der Waals surface area contributed by atoms with Gasteiger partial charge in [-0.2, -0.15) is 5.10 Å². The normalized spacial score (nSPS) is 10.7. The zero-order chi connectivity index (χ0) is 18.1. The maximum absolute atomic E-state index is 13.2. The van der Waals surface area contributed by atoms with Crippen molar-refractivity contribution in [3.8, 4) is 11.4 Å². The van der Waals surface area contributed by atoms with Gasteiger partial charge in [0.25, 0.3) is 5.91 Å². The van der Waals surface area contributed by atoms with Crippen LogP contribution in [0.4, 0.5) is 20.2 Å². The molecule has 0 aliphatic heterocycles. The summed E-state index contributed by atoms with van der Waals surface area (Å²) in [6, 6.07) is 7.76. The minimum absolute atomic E-state index is 0.116. The maximum atomic E-state index is 13.2.